The minimum atomic E-state index is -0.325. The highest BCUT2D eigenvalue weighted by molar-refractivity contribution is 8.26. The molecule has 0 atom stereocenters. The van der Waals surface area contributed by atoms with Gasteiger partial charge in [0, 0.05) is 50.5 Å². The van der Waals surface area contributed by atoms with Crippen molar-refractivity contribution in [2.45, 2.75) is 39.7 Å². The summed E-state index contributed by atoms with van der Waals surface area (Å²) >= 11 is 6.89. The molecule has 0 N–H and O–H groups in total. The molecule has 2 fully saturated rings. The molecule has 12 heteroatoms. The fourth-order valence-corrected chi connectivity index (χ4v) is 7.23. The topological polar surface area (TPSA) is 91.0 Å². The first-order valence-electron chi connectivity index (χ1n) is 15.6. The number of ether oxygens (including phenoxy) is 2. The van der Waals surface area contributed by atoms with Crippen molar-refractivity contribution in [3.05, 3.63) is 85.8 Å². The summed E-state index contributed by atoms with van der Waals surface area (Å²) in [6, 6.07) is 14.2. The Morgan fingerprint density at radius 1 is 1.00 bits per heavy atom. The number of anilines is 2. The van der Waals surface area contributed by atoms with E-state index in [1.165, 1.54) is 23.9 Å². The van der Waals surface area contributed by atoms with Gasteiger partial charge in [0.25, 0.3) is 11.5 Å². The monoisotopic (exact) mass is 675 g/mol. The lowest BCUT2D eigenvalue weighted by Gasteiger charge is -2.39. The highest BCUT2D eigenvalue weighted by Gasteiger charge is 2.33. The molecule has 2 aliphatic heterocycles. The number of carbonyl (C=O) groups excluding carboxylic acids is 1. The number of benzene rings is 2. The van der Waals surface area contributed by atoms with Gasteiger partial charge in [0.1, 0.15) is 27.6 Å². The summed E-state index contributed by atoms with van der Waals surface area (Å²) < 4.78 is 26.5. The molecule has 1 amide bonds. The summed E-state index contributed by atoms with van der Waals surface area (Å²) in [5, 5.41) is 10.1. The first-order chi connectivity index (χ1) is 22.7. The fraction of sp³-hybridized carbons (Fsp3) is 0.371. The van der Waals surface area contributed by atoms with Crippen LogP contribution in [0.15, 0.2) is 52.2 Å². The van der Waals surface area contributed by atoms with Crippen molar-refractivity contribution >= 4 is 51.8 Å². The lowest BCUT2D eigenvalue weighted by molar-refractivity contribution is -0.122. The molecule has 0 saturated carbocycles. The number of hydrogen-bond donors (Lipinski definition) is 0. The van der Waals surface area contributed by atoms with Crippen molar-refractivity contribution in [3.8, 4) is 17.6 Å². The number of thiocarbonyl (C=S) groups is 1. The third-order valence-electron chi connectivity index (χ3n) is 8.57. The molecular formula is C35H38FN5O4S2. The molecule has 0 spiro atoms. The number of piperazine rings is 1. The van der Waals surface area contributed by atoms with Crippen molar-refractivity contribution in [2.75, 3.05) is 56.7 Å². The number of methoxy groups -OCH3 is 2. The molecule has 2 aromatic carbocycles. The molecule has 3 heterocycles. The van der Waals surface area contributed by atoms with Gasteiger partial charge < -0.3 is 19.3 Å². The average Bonchev–Trinajstić information content (AvgIpc) is 3.35. The van der Waals surface area contributed by atoms with Crippen LogP contribution < -0.4 is 24.8 Å². The Balaban J connectivity index is 1.47. The Morgan fingerprint density at radius 3 is 2.32 bits per heavy atom. The van der Waals surface area contributed by atoms with E-state index in [-0.39, 0.29) is 22.8 Å². The van der Waals surface area contributed by atoms with Crippen molar-refractivity contribution in [2.24, 2.45) is 0 Å². The number of unbranched alkanes of at least 4 members (excludes halogenated alkanes) is 1. The predicted molar refractivity (Wildman–Crippen MR) is 189 cm³/mol. The van der Waals surface area contributed by atoms with Gasteiger partial charge in [-0.25, -0.2) is 4.39 Å². The van der Waals surface area contributed by atoms with Crippen molar-refractivity contribution in [3.63, 3.8) is 0 Å². The highest BCUT2D eigenvalue weighted by atomic mass is 32.2. The molecule has 1 aromatic heterocycles. The minimum Gasteiger partial charge on any atom is -0.493 e. The van der Waals surface area contributed by atoms with E-state index in [1.807, 2.05) is 18.2 Å². The zero-order chi connectivity index (χ0) is 33.7. The molecule has 47 heavy (non-hydrogen) atoms. The zero-order valence-corrected chi connectivity index (χ0v) is 28.7. The number of hydrogen-bond acceptors (Lipinski definition) is 9. The number of thioether (sulfide) groups is 1. The Hall–Kier alpha value is -4.34. The number of aromatic nitrogens is 1. The summed E-state index contributed by atoms with van der Waals surface area (Å²) in [7, 11) is 3.17. The molecule has 246 valence electrons. The van der Waals surface area contributed by atoms with Crippen LogP contribution >= 0.6 is 24.0 Å². The molecule has 0 unspecified atom stereocenters. The van der Waals surface area contributed by atoms with E-state index in [2.05, 4.69) is 22.8 Å². The fourth-order valence-electron chi connectivity index (χ4n) is 5.94. The Bertz CT molecular complexity index is 1790. The van der Waals surface area contributed by atoms with Crippen LogP contribution in [-0.2, 0) is 17.8 Å². The molecule has 0 bridgehead atoms. The van der Waals surface area contributed by atoms with E-state index in [9.17, 15) is 19.2 Å². The summed E-state index contributed by atoms with van der Waals surface area (Å²) in [6.45, 7) is 7.17. The van der Waals surface area contributed by atoms with Gasteiger partial charge in [0.2, 0.25) is 0 Å². The van der Waals surface area contributed by atoms with E-state index in [4.69, 9.17) is 21.7 Å². The van der Waals surface area contributed by atoms with Crippen LogP contribution in [-0.4, -0.2) is 66.6 Å². The van der Waals surface area contributed by atoms with Gasteiger partial charge in [-0.3, -0.25) is 19.1 Å². The van der Waals surface area contributed by atoms with E-state index in [0.29, 0.717) is 83.4 Å². The summed E-state index contributed by atoms with van der Waals surface area (Å²) in [5.41, 5.74) is 2.87. The number of rotatable bonds is 11. The van der Waals surface area contributed by atoms with Gasteiger partial charge >= 0.3 is 0 Å². The normalized spacial score (nSPS) is 15.8. The van der Waals surface area contributed by atoms with Crippen LogP contribution in [0.2, 0.25) is 0 Å². The maximum absolute atomic E-state index is 13.8. The van der Waals surface area contributed by atoms with E-state index < -0.39 is 0 Å². The molecule has 0 aliphatic carbocycles. The molecule has 2 aliphatic rings. The van der Waals surface area contributed by atoms with E-state index >= 15 is 0 Å². The van der Waals surface area contributed by atoms with Gasteiger partial charge in [-0.15, -0.1) is 0 Å². The second-order valence-corrected chi connectivity index (χ2v) is 13.1. The number of carbonyl (C=O) groups is 1. The Kier molecular flexibility index (Phi) is 10.9. The second-order valence-electron chi connectivity index (χ2n) is 11.4. The largest absolute Gasteiger partial charge is 0.493 e. The highest BCUT2D eigenvalue weighted by Crippen LogP contribution is 2.37. The Morgan fingerprint density at radius 2 is 1.68 bits per heavy atom. The number of pyridine rings is 1. The molecule has 5 rings (SSSR count). The number of nitrogens with zero attached hydrogens (tertiary/aromatic N) is 5. The number of halogens is 1. The third kappa shape index (κ3) is 7.16. The number of amides is 1. The molecule has 0 radical (unpaired) electrons. The molecule has 2 saturated heterocycles. The minimum absolute atomic E-state index is 0.0741. The van der Waals surface area contributed by atoms with Crippen LogP contribution in [0.3, 0.4) is 0 Å². The standard InChI is InChI=1S/C35H38FN5O4S2/c1-5-6-14-40-32(39-18-16-38(17-19-39)26-10-8-25(36)9-11-26)27(23(2)28(22-37)33(40)42)21-31-34(43)41(35(46)47-31)15-13-24-7-12-29(44-3)30(20-24)45-4/h7-12,20-21H,5-6,13-19H2,1-4H3. The summed E-state index contributed by atoms with van der Waals surface area (Å²) in [4.78, 5) is 33.9. The Labute approximate surface area is 284 Å². The number of nitriles is 1. The van der Waals surface area contributed by atoms with Gasteiger partial charge in [-0.1, -0.05) is 43.4 Å². The molecule has 9 nitrogen and oxygen atoms in total. The molecular weight excluding hydrogens is 638 g/mol. The van der Waals surface area contributed by atoms with Crippen LogP contribution in [0.5, 0.6) is 11.5 Å². The van der Waals surface area contributed by atoms with E-state index in [0.717, 1.165) is 24.1 Å². The summed E-state index contributed by atoms with van der Waals surface area (Å²) in [5.74, 6) is 1.45. The zero-order valence-electron chi connectivity index (χ0n) is 27.0. The van der Waals surface area contributed by atoms with Gasteiger partial charge in [-0.05, 0) is 73.4 Å². The van der Waals surface area contributed by atoms with Crippen molar-refractivity contribution in [1.82, 2.24) is 9.47 Å². The van der Waals surface area contributed by atoms with Crippen LogP contribution in [0.4, 0.5) is 15.9 Å². The van der Waals surface area contributed by atoms with Crippen LogP contribution in [0, 0.1) is 24.1 Å². The lowest BCUT2D eigenvalue weighted by Crippen LogP contribution is -2.48. The van der Waals surface area contributed by atoms with Crippen LogP contribution in [0.25, 0.3) is 6.08 Å². The quantitative estimate of drug-likeness (QED) is 0.186. The second kappa shape index (κ2) is 15.0. The first kappa shape index (κ1) is 34.0. The van der Waals surface area contributed by atoms with Crippen LogP contribution in [0.1, 0.15) is 42.0 Å². The molecule has 3 aromatic rings. The van der Waals surface area contributed by atoms with Crippen molar-refractivity contribution < 1.29 is 18.7 Å². The van der Waals surface area contributed by atoms with Crippen molar-refractivity contribution in [1.29, 1.82) is 5.26 Å². The predicted octanol–water partition coefficient (Wildman–Crippen LogP) is 5.76. The lowest BCUT2D eigenvalue weighted by atomic mass is 10.0. The third-order valence-corrected chi connectivity index (χ3v) is 9.95. The SMILES string of the molecule is CCCCn1c(N2CCN(c3ccc(F)cc3)CC2)c(C=C2SC(=S)N(CCc3ccc(OC)c(OC)c3)C2=O)c(C)c(C#N)c1=O. The summed E-state index contributed by atoms with van der Waals surface area (Å²) in [6.07, 6.45) is 3.99. The first-order valence-corrected chi connectivity index (χ1v) is 16.8. The maximum atomic E-state index is 13.8. The maximum Gasteiger partial charge on any atom is 0.270 e. The van der Waals surface area contributed by atoms with E-state index in [1.54, 1.807) is 48.8 Å². The van der Waals surface area contributed by atoms with Gasteiger partial charge in [0.15, 0.2) is 11.5 Å². The smallest absolute Gasteiger partial charge is 0.270 e. The van der Waals surface area contributed by atoms with Gasteiger partial charge in [-0.2, -0.15) is 5.26 Å². The van der Waals surface area contributed by atoms with Gasteiger partial charge in [0.05, 0.1) is 19.1 Å². The average molecular weight is 676 g/mol.